The average molecular weight is 332 g/mol. The molecule has 0 spiro atoms. The van der Waals surface area contributed by atoms with Gasteiger partial charge in [0.2, 0.25) is 0 Å². The molecule has 0 aliphatic rings. The standard InChI is InChI=1S/C17H11F3N2O2/c1-10(23)14-4-2-3-5-15(14)16(24)22-13-7-11(9-21)6-12(8-13)17(18,19)20/h2-8H,1H3,(H,22,24). The third-order valence-electron chi connectivity index (χ3n) is 3.20. The summed E-state index contributed by atoms with van der Waals surface area (Å²) in [5, 5.41) is 11.1. The molecule has 0 aliphatic carbocycles. The molecule has 0 bridgehead atoms. The predicted molar refractivity (Wildman–Crippen MR) is 80.6 cm³/mol. The number of hydrogen-bond donors (Lipinski definition) is 1. The molecule has 0 aromatic heterocycles. The number of rotatable bonds is 3. The first-order valence-corrected chi connectivity index (χ1v) is 6.76. The molecule has 0 fully saturated rings. The summed E-state index contributed by atoms with van der Waals surface area (Å²) >= 11 is 0. The smallest absolute Gasteiger partial charge is 0.322 e. The van der Waals surface area contributed by atoms with Crippen LogP contribution in [0, 0.1) is 11.3 Å². The summed E-state index contributed by atoms with van der Waals surface area (Å²) in [5.74, 6) is -1.08. The van der Waals surface area contributed by atoms with Gasteiger partial charge in [-0.05, 0) is 31.2 Å². The second-order valence-electron chi connectivity index (χ2n) is 4.96. The Labute approximate surface area is 135 Å². The van der Waals surface area contributed by atoms with Crippen molar-refractivity contribution in [2.75, 3.05) is 5.32 Å². The van der Waals surface area contributed by atoms with Gasteiger partial charge in [0.25, 0.3) is 5.91 Å². The monoisotopic (exact) mass is 332 g/mol. The van der Waals surface area contributed by atoms with Gasteiger partial charge in [0, 0.05) is 11.3 Å². The van der Waals surface area contributed by atoms with Crippen molar-refractivity contribution < 1.29 is 22.8 Å². The maximum atomic E-state index is 12.8. The second-order valence-corrected chi connectivity index (χ2v) is 4.96. The molecule has 24 heavy (non-hydrogen) atoms. The molecule has 0 unspecified atom stereocenters. The fraction of sp³-hybridized carbons (Fsp3) is 0.118. The molecule has 0 heterocycles. The number of alkyl halides is 3. The van der Waals surface area contributed by atoms with Crippen LogP contribution < -0.4 is 5.32 Å². The Bertz CT molecular complexity index is 852. The van der Waals surface area contributed by atoms with Crippen molar-refractivity contribution in [3.8, 4) is 6.07 Å². The van der Waals surface area contributed by atoms with Gasteiger partial charge in [0.15, 0.2) is 5.78 Å². The number of hydrogen-bond acceptors (Lipinski definition) is 3. The summed E-state index contributed by atoms with van der Waals surface area (Å²) in [6.45, 7) is 1.28. The SMILES string of the molecule is CC(=O)c1ccccc1C(=O)Nc1cc(C#N)cc(C(F)(F)F)c1. The number of Topliss-reactive ketones (excluding diaryl/α,β-unsaturated/α-hetero) is 1. The fourth-order valence-corrected chi connectivity index (χ4v) is 2.11. The number of halogens is 3. The molecular formula is C17H11F3N2O2. The molecule has 4 nitrogen and oxygen atoms in total. The minimum atomic E-state index is -4.65. The number of carbonyl (C=O) groups excluding carboxylic acids is 2. The lowest BCUT2D eigenvalue weighted by Gasteiger charge is -2.12. The van der Waals surface area contributed by atoms with E-state index in [0.717, 1.165) is 12.1 Å². The zero-order chi connectivity index (χ0) is 17.9. The van der Waals surface area contributed by atoms with E-state index in [1.165, 1.54) is 25.1 Å². The molecule has 122 valence electrons. The Balaban J connectivity index is 2.40. The van der Waals surface area contributed by atoms with Crippen LogP contribution in [0.4, 0.5) is 18.9 Å². The normalized spacial score (nSPS) is 10.8. The van der Waals surface area contributed by atoms with Gasteiger partial charge >= 0.3 is 6.18 Å². The lowest BCUT2D eigenvalue weighted by Crippen LogP contribution is -2.16. The molecular weight excluding hydrogens is 321 g/mol. The van der Waals surface area contributed by atoms with Crippen molar-refractivity contribution in [3.63, 3.8) is 0 Å². The molecule has 0 aliphatic heterocycles. The molecule has 1 amide bonds. The molecule has 0 radical (unpaired) electrons. The van der Waals surface area contributed by atoms with Gasteiger partial charge in [-0.15, -0.1) is 0 Å². The zero-order valence-electron chi connectivity index (χ0n) is 12.4. The van der Waals surface area contributed by atoms with E-state index >= 15 is 0 Å². The molecule has 7 heteroatoms. The van der Waals surface area contributed by atoms with Crippen molar-refractivity contribution in [1.82, 2.24) is 0 Å². The highest BCUT2D eigenvalue weighted by Crippen LogP contribution is 2.32. The summed E-state index contributed by atoms with van der Waals surface area (Å²) in [7, 11) is 0. The number of nitrogens with one attached hydrogen (secondary N) is 1. The highest BCUT2D eigenvalue weighted by Gasteiger charge is 2.31. The third kappa shape index (κ3) is 3.79. The largest absolute Gasteiger partial charge is 0.416 e. The van der Waals surface area contributed by atoms with Gasteiger partial charge < -0.3 is 5.32 Å². The highest BCUT2D eigenvalue weighted by molar-refractivity contribution is 6.12. The van der Waals surface area contributed by atoms with Gasteiger partial charge in [-0.1, -0.05) is 18.2 Å². The lowest BCUT2D eigenvalue weighted by atomic mass is 10.0. The van der Waals surface area contributed by atoms with Crippen LogP contribution >= 0.6 is 0 Å². The Morgan fingerprint density at radius 1 is 1.08 bits per heavy atom. The van der Waals surface area contributed by atoms with Gasteiger partial charge in [-0.3, -0.25) is 9.59 Å². The van der Waals surface area contributed by atoms with E-state index in [-0.39, 0.29) is 28.2 Å². The van der Waals surface area contributed by atoms with E-state index in [2.05, 4.69) is 5.32 Å². The summed E-state index contributed by atoms with van der Waals surface area (Å²) < 4.78 is 38.5. The quantitative estimate of drug-likeness (QED) is 0.863. The minimum Gasteiger partial charge on any atom is -0.322 e. The molecule has 2 aromatic rings. The summed E-state index contributed by atoms with van der Waals surface area (Å²) in [6.07, 6.45) is -4.65. The van der Waals surface area contributed by atoms with Crippen LogP contribution in [0.25, 0.3) is 0 Å². The van der Waals surface area contributed by atoms with E-state index in [1.807, 2.05) is 0 Å². The van der Waals surface area contributed by atoms with Crippen LogP contribution in [0.1, 0.15) is 38.8 Å². The van der Waals surface area contributed by atoms with Crippen LogP contribution in [0.15, 0.2) is 42.5 Å². The van der Waals surface area contributed by atoms with Gasteiger partial charge in [-0.2, -0.15) is 18.4 Å². The Morgan fingerprint density at radius 3 is 2.25 bits per heavy atom. The van der Waals surface area contributed by atoms with E-state index in [4.69, 9.17) is 5.26 Å². The molecule has 0 saturated carbocycles. The highest BCUT2D eigenvalue weighted by atomic mass is 19.4. The number of anilines is 1. The fourth-order valence-electron chi connectivity index (χ4n) is 2.11. The number of carbonyl (C=O) groups is 2. The number of amides is 1. The van der Waals surface area contributed by atoms with Crippen molar-refractivity contribution in [2.45, 2.75) is 13.1 Å². The van der Waals surface area contributed by atoms with Gasteiger partial charge in [-0.25, -0.2) is 0 Å². The first kappa shape index (κ1) is 17.2. The average Bonchev–Trinajstić information content (AvgIpc) is 2.53. The Hall–Kier alpha value is -3.14. The van der Waals surface area contributed by atoms with Crippen LogP contribution in [0.5, 0.6) is 0 Å². The molecule has 0 saturated heterocycles. The lowest BCUT2D eigenvalue weighted by molar-refractivity contribution is -0.137. The molecule has 1 N–H and O–H groups in total. The molecule has 2 aromatic carbocycles. The maximum Gasteiger partial charge on any atom is 0.416 e. The van der Waals surface area contributed by atoms with E-state index in [1.54, 1.807) is 12.1 Å². The van der Waals surface area contributed by atoms with Crippen molar-refractivity contribution >= 4 is 17.4 Å². The first-order chi connectivity index (χ1) is 11.2. The van der Waals surface area contributed by atoms with Crippen molar-refractivity contribution in [2.24, 2.45) is 0 Å². The van der Waals surface area contributed by atoms with Crippen LogP contribution in [-0.2, 0) is 6.18 Å². The van der Waals surface area contributed by atoms with Crippen molar-refractivity contribution in [1.29, 1.82) is 5.26 Å². The molecule has 2 rings (SSSR count). The molecule has 0 atom stereocenters. The van der Waals surface area contributed by atoms with E-state index < -0.39 is 17.6 Å². The van der Waals surface area contributed by atoms with Crippen LogP contribution in [0.3, 0.4) is 0 Å². The second kappa shape index (κ2) is 6.54. The summed E-state index contributed by atoms with van der Waals surface area (Å²) in [4.78, 5) is 23.8. The van der Waals surface area contributed by atoms with Gasteiger partial charge in [0.05, 0.1) is 22.8 Å². The number of benzene rings is 2. The zero-order valence-corrected chi connectivity index (χ0v) is 12.4. The van der Waals surface area contributed by atoms with Gasteiger partial charge in [0.1, 0.15) is 0 Å². The maximum absolute atomic E-state index is 12.8. The number of ketones is 1. The van der Waals surface area contributed by atoms with Crippen LogP contribution in [0.2, 0.25) is 0 Å². The third-order valence-corrected chi connectivity index (χ3v) is 3.20. The topological polar surface area (TPSA) is 70.0 Å². The summed E-state index contributed by atoms with van der Waals surface area (Å²) in [6, 6.07) is 10.1. The predicted octanol–water partition coefficient (Wildman–Crippen LogP) is 4.03. The number of nitriles is 1. The number of nitrogens with zero attached hydrogens (tertiary/aromatic N) is 1. The first-order valence-electron chi connectivity index (χ1n) is 6.76. The summed E-state index contributed by atoms with van der Waals surface area (Å²) in [5.41, 5.74) is -1.26. The Morgan fingerprint density at radius 2 is 1.71 bits per heavy atom. The van der Waals surface area contributed by atoms with Crippen molar-refractivity contribution in [3.05, 3.63) is 64.7 Å². The van der Waals surface area contributed by atoms with Crippen LogP contribution in [-0.4, -0.2) is 11.7 Å². The Kier molecular flexibility index (Phi) is 4.69. The van der Waals surface area contributed by atoms with E-state index in [9.17, 15) is 22.8 Å². The minimum absolute atomic E-state index is 0.0425. The van der Waals surface area contributed by atoms with E-state index in [0.29, 0.717) is 6.07 Å².